The summed E-state index contributed by atoms with van der Waals surface area (Å²) in [6.07, 6.45) is 7.68. The number of benzene rings is 1. The van der Waals surface area contributed by atoms with Crippen LogP contribution in [0.4, 0.5) is 5.82 Å². The van der Waals surface area contributed by atoms with E-state index in [1.807, 2.05) is 40.8 Å². The van der Waals surface area contributed by atoms with E-state index in [1.54, 1.807) is 0 Å². The molecule has 1 saturated carbocycles. The van der Waals surface area contributed by atoms with Gasteiger partial charge in [-0.3, -0.25) is 4.68 Å². The Morgan fingerprint density at radius 1 is 1.14 bits per heavy atom. The maximum atomic E-state index is 4.87. The van der Waals surface area contributed by atoms with Gasteiger partial charge in [-0.15, -0.1) is 5.10 Å². The molecule has 0 bridgehead atoms. The van der Waals surface area contributed by atoms with Crippen LogP contribution in [-0.4, -0.2) is 41.3 Å². The van der Waals surface area contributed by atoms with E-state index in [9.17, 15) is 0 Å². The molecule has 0 atom stereocenters. The lowest BCUT2D eigenvalue weighted by molar-refractivity contribution is 0.585. The first-order valence-corrected chi connectivity index (χ1v) is 10.0. The Kier molecular flexibility index (Phi) is 4.38. The van der Waals surface area contributed by atoms with Crippen molar-refractivity contribution in [2.45, 2.75) is 44.6 Å². The molecule has 0 unspecified atom stereocenters. The Morgan fingerprint density at radius 2 is 2.00 bits per heavy atom. The fourth-order valence-corrected chi connectivity index (χ4v) is 4.06. The predicted molar refractivity (Wildman–Crippen MR) is 108 cm³/mol. The summed E-state index contributed by atoms with van der Waals surface area (Å²) in [5, 5.41) is 17.3. The van der Waals surface area contributed by atoms with Crippen LogP contribution in [0.1, 0.15) is 43.8 Å². The van der Waals surface area contributed by atoms with Gasteiger partial charge in [0.2, 0.25) is 0 Å². The van der Waals surface area contributed by atoms with Crippen molar-refractivity contribution in [1.82, 2.24) is 34.7 Å². The van der Waals surface area contributed by atoms with Crippen molar-refractivity contribution in [3.63, 3.8) is 0 Å². The van der Waals surface area contributed by atoms with Gasteiger partial charge >= 0.3 is 0 Å². The summed E-state index contributed by atoms with van der Waals surface area (Å²) in [6, 6.07) is 8.05. The number of para-hydroxylation sites is 1. The molecule has 8 heteroatoms. The highest BCUT2D eigenvalue weighted by atomic mass is 15.4. The van der Waals surface area contributed by atoms with E-state index >= 15 is 0 Å². The summed E-state index contributed by atoms with van der Waals surface area (Å²) in [5.41, 5.74) is 2.91. The molecule has 0 saturated heterocycles. The largest absolute Gasteiger partial charge is 0.369 e. The molecule has 0 aliphatic heterocycles. The molecule has 0 amide bonds. The van der Waals surface area contributed by atoms with Gasteiger partial charge in [0.25, 0.3) is 0 Å². The lowest BCUT2D eigenvalue weighted by atomic mass is 10.1. The zero-order valence-corrected chi connectivity index (χ0v) is 16.0. The van der Waals surface area contributed by atoms with Gasteiger partial charge in [-0.2, -0.15) is 5.10 Å². The maximum Gasteiger partial charge on any atom is 0.163 e. The number of hydrogen-bond acceptors (Lipinski definition) is 6. The van der Waals surface area contributed by atoms with Gasteiger partial charge in [0.1, 0.15) is 17.2 Å². The van der Waals surface area contributed by atoms with E-state index in [0.29, 0.717) is 5.92 Å². The minimum atomic E-state index is 0.473. The molecule has 3 aromatic heterocycles. The normalized spacial score (nSPS) is 15.0. The lowest BCUT2D eigenvalue weighted by Crippen LogP contribution is -2.11. The van der Waals surface area contributed by atoms with E-state index in [2.05, 4.69) is 26.8 Å². The van der Waals surface area contributed by atoms with Crippen LogP contribution >= 0.6 is 0 Å². The van der Waals surface area contributed by atoms with Gasteiger partial charge in [-0.25, -0.2) is 14.6 Å². The Bertz CT molecular complexity index is 1110. The summed E-state index contributed by atoms with van der Waals surface area (Å²) >= 11 is 0. The van der Waals surface area contributed by atoms with Crippen molar-refractivity contribution < 1.29 is 0 Å². The van der Waals surface area contributed by atoms with Crippen LogP contribution in [0.3, 0.4) is 0 Å². The highest BCUT2D eigenvalue weighted by Crippen LogP contribution is 2.34. The lowest BCUT2D eigenvalue weighted by Gasteiger charge is -2.12. The van der Waals surface area contributed by atoms with E-state index < -0.39 is 0 Å². The fourth-order valence-electron chi connectivity index (χ4n) is 4.06. The molecule has 4 aromatic rings. The standard InChI is InChI=1S/C20H24N8/c1-27-20-15(13-22-27)19(23-18(24-20)14-7-2-3-8-14)21-11-6-12-28-17-10-5-4-9-16(17)25-26-28/h4-5,9-10,13-14H,2-3,6-8,11-12H2,1H3,(H,21,23,24). The van der Waals surface area contributed by atoms with Crippen molar-refractivity contribution in [3.05, 3.63) is 36.3 Å². The number of fused-ring (bicyclic) bond motifs is 2. The van der Waals surface area contributed by atoms with Crippen LogP contribution in [0.25, 0.3) is 22.1 Å². The maximum absolute atomic E-state index is 4.87. The SMILES string of the molecule is Cn1ncc2c(NCCCn3nnc4ccccc43)nc(C3CCCC3)nc21. The Hall–Kier alpha value is -3.03. The molecular weight excluding hydrogens is 352 g/mol. The molecule has 0 spiro atoms. The first kappa shape index (κ1) is 17.1. The zero-order chi connectivity index (χ0) is 18.9. The van der Waals surface area contributed by atoms with Crippen molar-refractivity contribution in [3.8, 4) is 0 Å². The van der Waals surface area contributed by atoms with Gasteiger partial charge in [0, 0.05) is 26.1 Å². The monoisotopic (exact) mass is 376 g/mol. The third-order valence-corrected chi connectivity index (χ3v) is 5.59. The van der Waals surface area contributed by atoms with Gasteiger partial charge in [0.05, 0.1) is 17.1 Å². The first-order chi connectivity index (χ1) is 13.8. The second-order valence-electron chi connectivity index (χ2n) is 7.50. The number of nitrogens with zero attached hydrogens (tertiary/aromatic N) is 7. The van der Waals surface area contributed by atoms with Gasteiger partial charge in [-0.05, 0) is 31.4 Å². The number of aromatic nitrogens is 7. The summed E-state index contributed by atoms with van der Waals surface area (Å²) in [7, 11) is 1.94. The van der Waals surface area contributed by atoms with Crippen LogP contribution in [0.5, 0.6) is 0 Å². The molecule has 1 fully saturated rings. The number of anilines is 1. The average molecular weight is 376 g/mol. The smallest absolute Gasteiger partial charge is 0.163 e. The van der Waals surface area contributed by atoms with Crippen molar-refractivity contribution >= 4 is 27.9 Å². The van der Waals surface area contributed by atoms with Gasteiger partial charge in [0.15, 0.2) is 5.65 Å². The van der Waals surface area contributed by atoms with Crippen LogP contribution in [-0.2, 0) is 13.6 Å². The molecule has 144 valence electrons. The number of rotatable bonds is 6. The summed E-state index contributed by atoms with van der Waals surface area (Å²) < 4.78 is 3.79. The molecule has 5 rings (SSSR count). The first-order valence-electron chi connectivity index (χ1n) is 10.0. The number of nitrogens with one attached hydrogen (secondary N) is 1. The second kappa shape index (κ2) is 7.18. The number of aryl methyl sites for hydroxylation is 2. The van der Waals surface area contributed by atoms with Crippen LogP contribution in [0.15, 0.2) is 30.5 Å². The topological polar surface area (TPSA) is 86.3 Å². The molecule has 0 radical (unpaired) electrons. The molecule has 1 N–H and O–H groups in total. The van der Waals surface area contributed by atoms with E-state index in [4.69, 9.17) is 9.97 Å². The Balaban J connectivity index is 1.31. The molecule has 3 heterocycles. The van der Waals surface area contributed by atoms with Gasteiger partial charge in [-0.1, -0.05) is 30.2 Å². The predicted octanol–water partition coefficient (Wildman–Crippen LogP) is 3.27. The van der Waals surface area contributed by atoms with Crippen molar-refractivity contribution in [2.75, 3.05) is 11.9 Å². The van der Waals surface area contributed by atoms with E-state index in [1.165, 1.54) is 25.7 Å². The minimum absolute atomic E-state index is 0.473. The van der Waals surface area contributed by atoms with Crippen LogP contribution in [0, 0.1) is 0 Å². The van der Waals surface area contributed by atoms with E-state index in [-0.39, 0.29) is 0 Å². The molecular formula is C20H24N8. The molecule has 8 nitrogen and oxygen atoms in total. The summed E-state index contributed by atoms with van der Waals surface area (Å²) in [6.45, 7) is 1.61. The fraction of sp³-hybridized carbons (Fsp3) is 0.450. The van der Waals surface area contributed by atoms with E-state index in [0.717, 1.165) is 53.2 Å². The molecule has 28 heavy (non-hydrogen) atoms. The second-order valence-corrected chi connectivity index (χ2v) is 7.50. The van der Waals surface area contributed by atoms with Crippen LogP contribution in [0.2, 0.25) is 0 Å². The van der Waals surface area contributed by atoms with Crippen molar-refractivity contribution in [1.29, 1.82) is 0 Å². The van der Waals surface area contributed by atoms with Crippen LogP contribution < -0.4 is 5.32 Å². The third-order valence-electron chi connectivity index (χ3n) is 5.59. The third kappa shape index (κ3) is 3.08. The summed E-state index contributed by atoms with van der Waals surface area (Å²) in [5.74, 6) is 2.32. The highest BCUT2D eigenvalue weighted by Gasteiger charge is 2.22. The Morgan fingerprint density at radius 3 is 2.89 bits per heavy atom. The average Bonchev–Trinajstić information content (AvgIpc) is 3.46. The van der Waals surface area contributed by atoms with Crippen molar-refractivity contribution in [2.24, 2.45) is 7.05 Å². The minimum Gasteiger partial charge on any atom is -0.369 e. The molecule has 1 aromatic carbocycles. The zero-order valence-electron chi connectivity index (χ0n) is 16.0. The molecule has 1 aliphatic carbocycles. The van der Waals surface area contributed by atoms with Gasteiger partial charge < -0.3 is 5.32 Å². The Labute approximate surface area is 163 Å². The number of hydrogen-bond donors (Lipinski definition) is 1. The highest BCUT2D eigenvalue weighted by molar-refractivity contribution is 5.86. The quantitative estimate of drug-likeness (QED) is 0.520. The molecule has 1 aliphatic rings. The summed E-state index contributed by atoms with van der Waals surface area (Å²) in [4.78, 5) is 9.68.